The van der Waals surface area contributed by atoms with Gasteiger partial charge in [0.05, 0.1) is 0 Å². The summed E-state index contributed by atoms with van der Waals surface area (Å²) in [6, 6.07) is 13.7. The Kier molecular flexibility index (Phi) is 4.64. The Morgan fingerprint density at radius 3 is 2.50 bits per heavy atom. The van der Waals surface area contributed by atoms with E-state index in [0.717, 1.165) is 17.1 Å². The predicted octanol–water partition coefficient (Wildman–Crippen LogP) is 2.20. The Hall–Kier alpha value is -3.00. The quantitative estimate of drug-likeness (QED) is 0.694. The van der Waals surface area contributed by atoms with E-state index in [9.17, 15) is 4.79 Å². The lowest BCUT2D eigenvalue weighted by Gasteiger charge is -2.13. The topological polar surface area (TPSA) is 61.1 Å². The standard InChI is InChI=1S/C17H18N4O/c1-19-17(22)13(12-18)11-16-5-4-10-21(16)15-8-6-14(7-9-15)20(2)3/h4-11H,1-3H3,(H,19,22). The molecule has 5 heteroatoms. The smallest absolute Gasteiger partial charge is 0.261 e. The molecule has 1 aromatic heterocycles. The van der Waals surface area contributed by atoms with Crippen LogP contribution in [0, 0.1) is 11.3 Å². The Morgan fingerprint density at radius 1 is 1.27 bits per heavy atom. The Bertz CT molecular complexity index is 733. The first-order chi connectivity index (χ1) is 10.6. The lowest BCUT2D eigenvalue weighted by molar-refractivity contribution is -0.116. The van der Waals surface area contributed by atoms with Crippen molar-refractivity contribution in [3.05, 3.63) is 53.9 Å². The monoisotopic (exact) mass is 294 g/mol. The number of aromatic nitrogens is 1. The maximum Gasteiger partial charge on any atom is 0.261 e. The molecule has 0 saturated carbocycles. The number of amides is 1. The van der Waals surface area contributed by atoms with E-state index >= 15 is 0 Å². The normalized spacial score (nSPS) is 10.9. The first-order valence-corrected chi connectivity index (χ1v) is 6.86. The highest BCUT2D eigenvalue weighted by atomic mass is 16.1. The minimum Gasteiger partial charge on any atom is -0.378 e. The van der Waals surface area contributed by atoms with E-state index in [1.165, 1.54) is 7.05 Å². The van der Waals surface area contributed by atoms with Crippen LogP contribution < -0.4 is 10.2 Å². The number of nitriles is 1. The fourth-order valence-corrected chi connectivity index (χ4v) is 2.09. The molecule has 0 aliphatic rings. The summed E-state index contributed by atoms with van der Waals surface area (Å²) in [5.41, 5.74) is 2.93. The number of hydrogen-bond acceptors (Lipinski definition) is 3. The molecule has 112 valence electrons. The van der Waals surface area contributed by atoms with Crippen LogP contribution in [0.1, 0.15) is 5.69 Å². The van der Waals surface area contributed by atoms with Gasteiger partial charge in [0.1, 0.15) is 11.6 Å². The summed E-state index contributed by atoms with van der Waals surface area (Å²) in [5.74, 6) is -0.391. The van der Waals surface area contributed by atoms with Crippen molar-refractivity contribution >= 4 is 17.7 Å². The van der Waals surface area contributed by atoms with Crippen molar-refractivity contribution in [2.45, 2.75) is 0 Å². The van der Waals surface area contributed by atoms with Gasteiger partial charge in [-0.1, -0.05) is 0 Å². The van der Waals surface area contributed by atoms with Crippen molar-refractivity contribution in [2.75, 3.05) is 26.0 Å². The number of carbonyl (C=O) groups excluding carboxylic acids is 1. The van der Waals surface area contributed by atoms with Gasteiger partial charge in [-0.25, -0.2) is 0 Å². The van der Waals surface area contributed by atoms with Crippen molar-refractivity contribution in [1.82, 2.24) is 9.88 Å². The molecular weight excluding hydrogens is 276 g/mol. The number of benzene rings is 1. The molecular formula is C17H18N4O. The van der Waals surface area contributed by atoms with Crippen molar-refractivity contribution in [3.8, 4) is 11.8 Å². The van der Waals surface area contributed by atoms with E-state index in [1.54, 1.807) is 6.08 Å². The Morgan fingerprint density at radius 2 is 1.95 bits per heavy atom. The summed E-state index contributed by atoms with van der Waals surface area (Å²) in [7, 11) is 5.48. The van der Waals surface area contributed by atoms with Gasteiger partial charge >= 0.3 is 0 Å². The van der Waals surface area contributed by atoms with Crippen LogP contribution >= 0.6 is 0 Å². The second-order valence-electron chi connectivity index (χ2n) is 4.96. The number of nitrogens with zero attached hydrogens (tertiary/aromatic N) is 3. The van der Waals surface area contributed by atoms with E-state index in [2.05, 4.69) is 5.32 Å². The number of hydrogen-bond donors (Lipinski definition) is 1. The summed E-state index contributed by atoms with van der Waals surface area (Å²) in [4.78, 5) is 13.6. The lowest BCUT2D eigenvalue weighted by atomic mass is 10.2. The Labute approximate surface area is 130 Å². The summed E-state index contributed by atoms with van der Waals surface area (Å²) < 4.78 is 1.93. The number of anilines is 1. The largest absolute Gasteiger partial charge is 0.378 e. The van der Waals surface area contributed by atoms with Crippen molar-refractivity contribution in [1.29, 1.82) is 5.26 Å². The third-order valence-corrected chi connectivity index (χ3v) is 3.31. The molecule has 1 amide bonds. The summed E-state index contributed by atoms with van der Waals surface area (Å²) in [6.45, 7) is 0. The van der Waals surface area contributed by atoms with Gasteiger partial charge in [-0.2, -0.15) is 5.26 Å². The fraction of sp³-hybridized carbons (Fsp3) is 0.176. The number of carbonyl (C=O) groups is 1. The average molecular weight is 294 g/mol. The first-order valence-electron chi connectivity index (χ1n) is 6.86. The Balaban J connectivity index is 2.39. The highest BCUT2D eigenvalue weighted by Gasteiger charge is 2.09. The summed E-state index contributed by atoms with van der Waals surface area (Å²) in [5, 5.41) is 11.6. The molecule has 2 aromatic rings. The maximum atomic E-state index is 11.6. The molecule has 1 N–H and O–H groups in total. The van der Waals surface area contributed by atoms with Gasteiger partial charge in [-0.3, -0.25) is 4.79 Å². The van der Waals surface area contributed by atoms with Crippen LogP contribution in [0.2, 0.25) is 0 Å². The molecule has 2 rings (SSSR count). The van der Waals surface area contributed by atoms with Gasteiger partial charge in [0.2, 0.25) is 0 Å². The summed E-state index contributed by atoms with van der Waals surface area (Å²) in [6.07, 6.45) is 3.48. The van der Waals surface area contributed by atoms with Gasteiger partial charge < -0.3 is 14.8 Å². The molecule has 0 atom stereocenters. The van der Waals surface area contributed by atoms with Crippen LogP contribution in [0.5, 0.6) is 0 Å². The molecule has 0 aliphatic heterocycles. The summed E-state index contributed by atoms with van der Waals surface area (Å²) >= 11 is 0. The van der Waals surface area contributed by atoms with Crippen LogP contribution in [0.15, 0.2) is 48.2 Å². The van der Waals surface area contributed by atoms with Gasteiger partial charge in [-0.15, -0.1) is 0 Å². The van der Waals surface area contributed by atoms with Crippen LogP contribution in [0.3, 0.4) is 0 Å². The van der Waals surface area contributed by atoms with Crippen molar-refractivity contribution in [3.63, 3.8) is 0 Å². The van der Waals surface area contributed by atoms with Crippen LogP contribution in [0.25, 0.3) is 11.8 Å². The predicted molar refractivity (Wildman–Crippen MR) is 87.8 cm³/mol. The average Bonchev–Trinajstić information content (AvgIpc) is 3.00. The minimum atomic E-state index is -0.391. The molecule has 0 saturated heterocycles. The fourth-order valence-electron chi connectivity index (χ4n) is 2.09. The third-order valence-electron chi connectivity index (χ3n) is 3.31. The van der Waals surface area contributed by atoms with Crippen LogP contribution in [-0.2, 0) is 4.79 Å². The molecule has 1 heterocycles. The highest BCUT2D eigenvalue weighted by Crippen LogP contribution is 2.19. The van der Waals surface area contributed by atoms with Crippen LogP contribution in [0.4, 0.5) is 5.69 Å². The third kappa shape index (κ3) is 3.18. The lowest BCUT2D eigenvalue weighted by Crippen LogP contribution is -2.19. The minimum absolute atomic E-state index is 0.0763. The van der Waals surface area contributed by atoms with Crippen molar-refractivity contribution in [2.24, 2.45) is 0 Å². The van der Waals surface area contributed by atoms with E-state index < -0.39 is 5.91 Å². The zero-order valence-corrected chi connectivity index (χ0v) is 12.9. The molecule has 0 fully saturated rings. The molecule has 0 radical (unpaired) electrons. The molecule has 1 aromatic carbocycles. The molecule has 0 unspecified atom stereocenters. The second kappa shape index (κ2) is 6.64. The van der Waals surface area contributed by atoms with E-state index in [0.29, 0.717) is 0 Å². The zero-order valence-electron chi connectivity index (χ0n) is 12.9. The van der Waals surface area contributed by atoms with Gasteiger partial charge in [0, 0.05) is 44.4 Å². The van der Waals surface area contributed by atoms with Gasteiger partial charge in [0.25, 0.3) is 5.91 Å². The van der Waals surface area contributed by atoms with E-state index in [4.69, 9.17) is 5.26 Å². The first kappa shape index (κ1) is 15.4. The number of likely N-dealkylation sites (N-methyl/N-ethyl adjacent to an activating group) is 1. The van der Waals surface area contributed by atoms with E-state index in [-0.39, 0.29) is 5.57 Å². The molecule has 0 spiro atoms. The van der Waals surface area contributed by atoms with E-state index in [1.807, 2.05) is 72.2 Å². The van der Waals surface area contributed by atoms with Crippen molar-refractivity contribution < 1.29 is 4.79 Å². The molecule has 5 nitrogen and oxygen atoms in total. The van der Waals surface area contributed by atoms with Crippen LogP contribution in [-0.4, -0.2) is 31.6 Å². The molecule has 0 bridgehead atoms. The van der Waals surface area contributed by atoms with Gasteiger partial charge in [0.15, 0.2) is 0 Å². The highest BCUT2D eigenvalue weighted by molar-refractivity contribution is 6.01. The maximum absolute atomic E-state index is 11.6. The second-order valence-corrected chi connectivity index (χ2v) is 4.96. The number of rotatable bonds is 4. The number of nitrogens with one attached hydrogen (secondary N) is 1. The SMILES string of the molecule is CNC(=O)C(C#N)=Cc1cccn1-c1ccc(N(C)C)cc1. The molecule has 22 heavy (non-hydrogen) atoms. The van der Waals surface area contributed by atoms with Gasteiger partial charge in [-0.05, 0) is 42.5 Å². The zero-order chi connectivity index (χ0) is 16.1. The molecule has 0 aliphatic carbocycles.